The average Bonchev–Trinajstić information content (AvgIpc) is 3.63. The highest BCUT2D eigenvalue weighted by atomic mass is 16.5. The summed E-state index contributed by atoms with van der Waals surface area (Å²) in [7, 11) is 1.57. The lowest BCUT2D eigenvalue weighted by Gasteiger charge is -2.16. The van der Waals surface area contributed by atoms with Crippen LogP contribution in [0.25, 0.3) is 33.3 Å². The number of anilines is 3. The van der Waals surface area contributed by atoms with Crippen LogP contribution >= 0.6 is 0 Å². The Kier molecular flexibility index (Phi) is 6.07. The van der Waals surface area contributed by atoms with Crippen LogP contribution in [-0.2, 0) is 4.79 Å². The van der Waals surface area contributed by atoms with Crippen LogP contribution in [0.3, 0.4) is 0 Å². The Hall–Kier alpha value is -4.60. The number of fused-ring (bicyclic) bond motifs is 2. The number of aryl methyl sites for hydroxylation is 1. The van der Waals surface area contributed by atoms with Crippen LogP contribution in [0.1, 0.15) is 38.5 Å². The van der Waals surface area contributed by atoms with E-state index in [0.717, 1.165) is 53.3 Å². The van der Waals surface area contributed by atoms with Gasteiger partial charge in [0, 0.05) is 37.4 Å². The lowest BCUT2D eigenvalue weighted by molar-refractivity contribution is -0.114. The first-order chi connectivity index (χ1) is 18.5. The fraction of sp³-hybridized carbons (Fsp3) is 0.286. The Bertz CT molecular complexity index is 1650. The number of nitrogens with zero attached hydrogens (tertiary/aromatic N) is 3. The largest absolute Gasteiger partial charge is 0.494 e. The number of carbonyl (C=O) groups excluding carboxylic acids is 1. The molecule has 0 spiro atoms. The van der Waals surface area contributed by atoms with E-state index in [9.17, 15) is 4.79 Å². The second kappa shape index (κ2) is 9.70. The van der Waals surface area contributed by atoms with Gasteiger partial charge in [-0.3, -0.25) is 4.79 Å². The van der Waals surface area contributed by atoms with Crippen LogP contribution < -0.4 is 20.1 Å². The van der Waals surface area contributed by atoms with Gasteiger partial charge in [0.05, 0.1) is 18.2 Å². The first-order valence-corrected chi connectivity index (χ1v) is 12.6. The van der Waals surface area contributed by atoms with Gasteiger partial charge in [-0.2, -0.15) is 9.97 Å². The van der Waals surface area contributed by atoms with Crippen molar-refractivity contribution < 1.29 is 18.7 Å². The fourth-order valence-corrected chi connectivity index (χ4v) is 4.94. The van der Waals surface area contributed by atoms with Gasteiger partial charge in [-0.25, -0.2) is 4.98 Å². The fourth-order valence-electron chi connectivity index (χ4n) is 4.94. The van der Waals surface area contributed by atoms with Gasteiger partial charge in [-0.15, -0.1) is 0 Å². The first kappa shape index (κ1) is 23.8. The van der Waals surface area contributed by atoms with Crippen molar-refractivity contribution in [2.24, 2.45) is 0 Å². The van der Waals surface area contributed by atoms with E-state index in [1.54, 1.807) is 19.2 Å². The summed E-state index contributed by atoms with van der Waals surface area (Å²) in [6.07, 6.45) is 6.30. The van der Waals surface area contributed by atoms with E-state index < -0.39 is 0 Å². The van der Waals surface area contributed by atoms with Crippen molar-refractivity contribution in [2.45, 2.75) is 45.6 Å². The Morgan fingerprint density at radius 3 is 2.74 bits per heavy atom. The number of ether oxygens (including phenoxy) is 2. The summed E-state index contributed by atoms with van der Waals surface area (Å²) >= 11 is 0. The van der Waals surface area contributed by atoms with Crippen LogP contribution in [-0.4, -0.2) is 39.1 Å². The molecule has 1 fully saturated rings. The van der Waals surface area contributed by atoms with Gasteiger partial charge in [-0.05, 0) is 55.5 Å². The van der Waals surface area contributed by atoms with Crippen molar-refractivity contribution in [3.63, 3.8) is 0 Å². The van der Waals surface area contributed by atoms with Crippen LogP contribution in [0.15, 0.2) is 47.0 Å². The number of carbonyl (C=O) groups is 1. The molecule has 0 atom stereocenters. The zero-order chi connectivity index (χ0) is 26.2. The second-order valence-corrected chi connectivity index (χ2v) is 9.44. The zero-order valence-electron chi connectivity index (χ0n) is 21.4. The molecule has 6 rings (SSSR count). The number of benzene rings is 2. The molecule has 0 unspecified atom stereocenters. The maximum Gasteiger partial charge on any atom is 0.232 e. The summed E-state index contributed by atoms with van der Waals surface area (Å²) in [4.78, 5) is 28.7. The molecule has 3 N–H and O–H groups in total. The Labute approximate surface area is 218 Å². The minimum atomic E-state index is -0.157. The molecule has 1 saturated carbocycles. The molecule has 10 heteroatoms. The summed E-state index contributed by atoms with van der Waals surface area (Å²) in [5.74, 6) is 1.89. The molecular formula is C28H28N6O4. The Morgan fingerprint density at radius 2 is 1.95 bits per heavy atom. The van der Waals surface area contributed by atoms with Crippen molar-refractivity contribution >= 4 is 45.4 Å². The van der Waals surface area contributed by atoms with Crippen LogP contribution in [0.5, 0.6) is 11.6 Å². The van der Waals surface area contributed by atoms with E-state index in [-0.39, 0.29) is 12.0 Å². The van der Waals surface area contributed by atoms with E-state index in [2.05, 4.69) is 20.6 Å². The normalized spacial score (nSPS) is 13.8. The molecule has 5 aromatic rings. The SMILES string of the molecule is COc1cc(NC(C)=O)ccc1Nc1nc(OC2CCCC2)c2c(-c3ccc4nc(C)oc4c3)c[nH]c2n1. The number of rotatable bonds is 7. The van der Waals surface area contributed by atoms with Gasteiger partial charge in [-0.1, -0.05) is 6.07 Å². The molecule has 1 amide bonds. The molecule has 0 bridgehead atoms. The number of nitrogens with one attached hydrogen (secondary N) is 3. The highest BCUT2D eigenvalue weighted by Crippen LogP contribution is 2.38. The predicted octanol–water partition coefficient (Wildman–Crippen LogP) is 6.11. The molecule has 3 heterocycles. The Morgan fingerprint density at radius 1 is 1.11 bits per heavy atom. The molecule has 2 aromatic carbocycles. The lowest BCUT2D eigenvalue weighted by atomic mass is 10.1. The van der Waals surface area contributed by atoms with Gasteiger partial charge in [0.15, 0.2) is 11.5 Å². The van der Waals surface area contributed by atoms with Gasteiger partial charge < -0.3 is 29.5 Å². The van der Waals surface area contributed by atoms with E-state index >= 15 is 0 Å². The molecule has 10 nitrogen and oxygen atoms in total. The van der Waals surface area contributed by atoms with Crippen molar-refractivity contribution in [1.29, 1.82) is 0 Å². The molecule has 38 heavy (non-hydrogen) atoms. The smallest absolute Gasteiger partial charge is 0.232 e. The number of aromatic nitrogens is 4. The van der Waals surface area contributed by atoms with Crippen molar-refractivity contribution in [3.05, 3.63) is 48.5 Å². The monoisotopic (exact) mass is 512 g/mol. The third-order valence-electron chi connectivity index (χ3n) is 6.65. The van der Waals surface area contributed by atoms with E-state index in [1.165, 1.54) is 6.92 Å². The summed E-state index contributed by atoms with van der Waals surface area (Å²) in [6.45, 7) is 3.30. The average molecular weight is 513 g/mol. The molecule has 194 valence electrons. The number of hydrogen-bond acceptors (Lipinski definition) is 8. The number of oxazole rings is 1. The second-order valence-electron chi connectivity index (χ2n) is 9.44. The maximum atomic E-state index is 11.4. The summed E-state index contributed by atoms with van der Waals surface area (Å²) in [5, 5.41) is 6.83. The van der Waals surface area contributed by atoms with Gasteiger partial charge in [0.2, 0.25) is 17.7 Å². The number of aromatic amines is 1. The number of hydrogen-bond donors (Lipinski definition) is 3. The maximum absolute atomic E-state index is 11.4. The standard InChI is InChI=1S/C28H28N6O4/c1-15(35)30-18-9-11-21(23(13-18)36-3)32-28-33-26-25(27(34-28)38-19-6-4-5-7-19)20(14-29-26)17-8-10-22-24(12-17)37-16(2)31-22/h8-14,19H,4-7H2,1-3H3,(H,30,35)(H2,29,32,33,34). The van der Waals surface area contributed by atoms with Crippen molar-refractivity contribution in [3.8, 4) is 22.8 Å². The molecule has 0 saturated heterocycles. The minimum Gasteiger partial charge on any atom is -0.494 e. The van der Waals surface area contributed by atoms with Crippen LogP contribution in [0.2, 0.25) is 0 Å². The molecular weight excluding hydrogens is 484 g/mol. The number of methoxy groups -OCH3 is 1. The molecule has 0 aliphatic heterocycles. The zero-order valence-corrected chi connectivity index (χ0v) is 21.4. The van der Waals surface area contributed by atoms with Crippen molar-refractivity contribution in [1.82, 2.24) is 19.9 Å². The first-order valence-electron chi connectivity index (χ1n) is 12.6. The Balaban J connectivity index is 1.41. The highest BCUT2D eigenvalue weighted by molar-refractivity contribution is 5.99. The van der Waals surface area contributed by atoms with E-state index in [4.69, 9.17) is 23.9 Å². The quantitative estimate of drug-likeness (QED) is 0.238. The predicted molar refractivity (Wildman–Crippen MR) is 145 cm³/mol. The van der Waals surface area contributed by atoms with Gasteiger partial charge in [0.25, 0.3) is 0 Å². The van der Waals surface area contributed by atoms with E-state index in [1.807, 2.05) is 37.4 Å². The highest BCUT2D eigenvalue weighted by Gasteiger charge is 2.23. The topological polar surface area (TPSA) is 127 Å². The number of H-pyrrole nitrogens is 1. The molecule has 1 aliphatic carbocycles. The van der Waals surface area contributed by atoms with Crippen molar-refractivity contribution in [2.75, 3.05) is 17.7 Å². The third-order valence-corrected chi connectivity index (χ3v) is 6.65. The molecule has 3 aromatic heterocycles. The van der Waals surface area contributed by atoms with Crippen LogP contribution in [0.4, 0.5) is 17.3 Å². The van der Waals surface area contributed by atoms with E-state index in [0.29, 0.717) is 40.5 Å². The minimum absolute atomic E-state index is 0.106. The van der Waals surface area contributed by atoms with Gasteiger partial charge >= 0.3 is 0 Å². The molecule has 1 aliphatic rings. The summed E-state index contributed by atoms with van der Waals surface area (Å²) in [6, 6.07) is 11.3. The lowest BCUT2D eigenvalue weighted by Crippen LogP contribution is -2.13. The number of amides is 1. The molecule has 0 radical (unpaired) electrons. The summed E-state index contributed by atoms with van der Waals surface area (Å²) < 4.78 is 17.8. The third kappa shape index (κ3) is 4.60. The van der Waals surface area contributed by atoms with Gasteiger partial charge in [0.1, 0.15) is 23.0 Å². The van der Waals surface area contributed by atoms with Crippen LogP contribution in [0, 0.1) is 6.92 Å². The summed E-state index contributed by atoms with van der Waals surface area (Å²) in [5.41, 5.74) is 5.35.